The van der Waals surface area contributed by atoms with E-state index in [1.165, 1.54) is 6.20 Å². The van der Waals surface area contributed by atoms with Crippen molar-refractivity contribution in [3.63, 3.8) is 0 Å². The fourth-order valence-electron chi connectivity index (χ4n) is 1.20. The number of hydrogen-bond acceptors (Lipinski definition) is 3. The zero-order valence-corrected chi connectivity index (χ0v) is 8.63. The fourth-order valence-corrected chi connectivity index (χ4v) is 1.20. The second kappa shape index (κ2) is 6.66. The molecule has 0 aromatic carbocycles. The lowest BCUT2D eigenvalue weighted by atomic mass is 9.95. The number of Topliss-reactive ketones (excluding diaryl/α,β-unsaturated/α-hetero) is 1. The van der Waals surface area contributed by atoms with Crippen LogP contribution in [0.2, 0.25) is 0 Å². The summed E-state index contributed by atoms with van der Waals surface area (Å²) in [7, 11) is 0. The van der Waals surface area contributed by atoms with Crippen LogP contribution in [0.15, 0.2) is 11.8 Å². The molecule has 0 fully saturated rings. The zero-order chi connectivity index (χ0) is 10.3. The van der Waals surface area contributed by atoms with E-state index in [0.717, 1.165) is 19.3 Å². The Bertz CT molecular complexity index is 187. The summed E-state index contributed by atoms with van der Waals surface area (Å²) >= 11 is 0. The van der Waals surface area contributed by atoms with Crippen molar-refractivity contribution in [3.05, 3.63) is 11.8 Å². The van der Waals surface area contributed by atoms with Crippen molar-refractivity contribution in [1.29, 1.82) is 0 Å². The molecule has 0 aliphatic rings. The smallest absolute Gasteiger partial charge is 0.162 e. The molecule has 0 bridgehead atoms. The average molecular weight is 185 g/mol. The SMILES string of the molecule is CCCCC(C)C(=O)C(C)=CNO. The number of nitrogens with one attached hydrogen (secondary N) is 1. The number of unbranched alkanes of at least 4 members (excludes halogenated alkanes) is 1. The quantitative estimate of drug-likeness (QED) is 0.493. The van der Waals surface area contributed by atoms with Crippen LogP contribution in [-0.2, 0) is 4.79 Å². The van der Waals surface area contributed by atoms with Crippen LogP contribution in [0.3, 0.4) is 0 Å². The minimum Gasteiger partial charge on any atom is -0.294 e. The van der Waals surface area contributed by atoms with Crippen molar-refractivity contribution in [2.24, 2.45) is 5.92 Å². The predicted octanol–water partition coefficient (Wildman–Crippen LogP) is 2.26. The van der Waals surface area contributed by atoms with E-state index in [4.69, 9.17) is 5.21 Å². The van der Waals surface area contributed by atoms with Crippen LogP contribution < -0.4 is 5.48 Å². The molecular formula is C10H19NO2. The lowest BCUT2D eigenvalue weighted by Gasteiger charge is -2.09. The molecule has 0 aromatic heterocycles. The monoisotopic (exact) mass is 185 g/mol. The molecule has 13 heavy (non-hydrogen) atoms. The number of carbonyl (C=O) groups is 1. The molecule has 3 heteroatoms. The molecule has 0 saturated carbocycles. The van der Waals surface area contributed by atoms with E-state index in [0.29, 0.717) is 5.57 Å². The summed E-state index contributed by atoms with van der Waals surface area (Å²) in [5.41, 5.74) is 2.45. The molecule has 0 aliphatic carbocycles. The van der Waals surface area contributed by atoms with Crippen molar-refractivity contribution in [3.8, 4) is 0 Å². The van der Waals surface area contributed by atoms with Crippen LogP contribution in [0.4, 0.5) is 0 Å². The molecule has 76 valence electrons. The van der Waals surface area contributed by atoms with Gasteiger partial charge in [0.2, 0.25) is 0 Å². The highest BCUT2D eigenvalue weighted by Crippen LogP contribution is 2.12. The van der Waals surface area contributed by atoms with Crippen LogP contribution in [0.5, 0.6) is 0 Å². The zero-order valence-electron chi connectivity index (χ0n) is 8.63. The van der Waals surface area contributed by atoms with Crippen LogP contribution in [0, 0.1) is 5.92 Å². The first-order chi connectivity index (χ1) is 6.13. The Morgan fingerprint density at radius 3 is 2.69 bits per heavy atom. The molecule has 0 spiro atoms. The van der Waals surface area contributed by atoms with E-state index in [1.807, 2.05) is 12.4 Å². The van der Waals surface area contributed by atoms with Crippen LogP contribution in [0.1, 0.15) is 40.0 Å². The number of carbonyl (C=O) groups excluding carboxylic acids is 1. The highest BCUT2D eigenvalue weighted by atomic mass is 16.5. The molecule has 0 saturated heterocycles. The average Bonchev–Trinajstić information content (AvgIpc) is 2.13. The van der Waals surface area contributed by atoms with Gasteiger partial charge >= 0.3 is 0 Å². The van der Waals surface area contributed by atoms with E-state index in [-0.39, 0.29) is 11.7 Å². The molecule has 3 nitrogen and oxygen atoms in total. The minimum absolute atomic E-state index is 0.0598. The number of hydroxylamine groups is 1. The third-order valence-corrected chi connectivity index (χ3v) is 2.11. The first kappa shape index (κ1) is 12.2. The molecule has 1 unspecified atom stereocenters. The maximum Gasteiger partial charge on any atom is 0.162 e. The Hall–Kier alpha value is -0.830. The summed E-state index contributed by atoms with van der Waals surface area (Å²) < 4.78 is 0. The third kappa shape index (κ3) is 4.68. The molecule has 1 atom stereocenters. The fraction of sp³-hybridized carbons (Fsp3) is 0.700. The summed E-state index contributed by atoms with van der Waals surface area (Å²) in [4.78, 5) is 11.5. The Morgan fingerprint density at radius 2 is 2.23 bits per heavy atom. The standard InChI is InChI=1S/C10H19NO2/c1-4-5-6-8(2)10(12)9(3)7-11-13/h7-8,11,13H,4-6H2,1-3H3. The molecule has 0 heterocycles. The van der Waals surface area contributed by atoms with Gasteiger partial charge in [0.25, 0.3) is 0 Å². The van der Waals surface area contributed by atoms with Gasteiger partial charge in [-0.2, -0.15) is 0 Å². The van der Waals surface area contributed by atoms with Gasteiger partial charge in [0, 0.05) is 17.7 Å². The van der Waals surface area contributed by atoms with Crippen LogP contribution >= 0.6 is 0 Å². The van der Waals surface area contributed by atoms with E-state index in [2.05, 4.69) is 6.92 Å². The first-order valence-corrected chi connectivity index (χ1v) is 4.74. The van der Waals surface area contributed by atoms with Crippen molar-refractivity contribution < 1.29 is 10.0 Å². The highest BCUT2D eigenvalue weighted by molar-refractivity contribution is 5.96. The minimum atomic E-state index is 0.0598. The number of ketones is 1. The van der Waals surface area contributed by atoms with Crippen molar-refractivity contribution in [2.75, 3.05) is 0 Å². The van der Waals surface area contributed by atoms with Gasteiger partial charge in [0.05, 0.1) is 0 Å². The first-order valence-electron chi connectivity index (χ1n) is 4.74. The summed E-state index contributed by atoms with van der Waals surface area (Å²) in [6, 6.07) is 0. The van der Waals surface area contributed by atoms with Gasteiger partial charge in [-0.1, -0.05) is 26.7 Å². The summed E-state index contributed by atoms with van der Waals surface area (Å²) in [5.74, 6) is 0.166. The van der Waals surface area contributed by atoms with Gasteiger partial charge in [-0.15, -0.1) is 0 Å². The lowest BCUT2D eigenvalue weighted by Crippen LogP contribution is -2.13. The van der Waals surface area contributed by atoms with Gasteiger partial charge in [0.1, 0.15) is 0 Å². The van der Waals surface area contributed by atoms with Crippen molar-refractivity contribution in [1.82, 2.24) is 5.48 Å². The lowest BCUT2D eigenvalue weighted by molar-refractivity contribution is -0.119. The molecule has 2 N–H and O–H groups in total. The van der Waals surface area contributed by atoms with Gasteiger partial charge in [-0.25, -0.2) is 0 Å². The van der Waals surface area contributed by atoms with Crippen molar-refractivity contribution in [2.45, 2.75) is 40.0 Å². The van der Waals surface area contributed by atoms with Crippen LogP contribution in [0.25, 0.3) is 0 Å². The van der Waals surface area contributed by atoms with Gasteiger partial charge < -0.3 is 0 Å². The van der Waals surface area contributed by atoms with E-state index < -0.39 is 0 Å². The molecule has 0 rings (SSSR count). The largest absolute Gasteiger partial charge is 0.294 e. The topological polar surface area (TPSA) is 49.3 Å². The maximum atomic E-state index is 11.5. The highest BCUT2D eigenvalue weighted by Gasteiger charge is 2.13. The van der Waals surface area contributed by atoms with E-state index >= 15 is 0 Å². The summed E-state index contributed by atoms with van der Waals surface area (Å²) in [6.45, 7) is 5.73. The van der Waals surface area contributed by atoms with E-state index in [9.17, 15) is 4.79 Å². The Balaban J connectivity index is 4.01. The number of hydrogen-bond donors (Lipinski definition) is 2. The number of rotatable bonds is 6. The number of allylic oxidation sites excluding steroid dienone is 1. The molecule has 0 aliphatic heterocycles. The van der Waals surface area contributed by atoms with Crippen molar-refractivity contribution >= 4 is 5.78 Å². The molecule has 0 radical (unpaired) electrons. The molecule has 0 aromatic rings. The normalized spacial score (nSPS) is 14.0. The Morgan fingerprint density at radius 1 is 1.62 bits per heavy atom. The molecular weight excluding hydrogens is 166 g/mol. The summed E-state index contributed by atoms with van der Waals surface area (Å²) in [5, 5.41) is 8.36. The van der Waals surface area contributed by atoms with Gasteiger partial charge in [0.15, 0.2) is 5.78 Å². The van der Waals surface area contributed by atoms with Gasteiger partial charge in [-0.3, -0.25) is 15.5 Å². The second-order valence-electron chi connectivity index (χ2n) is 3.36. The second-order valence-corrected chi connectivity index (χ2v) is 3.36. The van der Waals surface area contributed by atoms with E-state index in [1.54, 1.807) is 6.92 Å². The maximum absolute atomic E-state index is 11.5. The third-order valence-electron chi connectivity index (χ3n) is 2.11. The van der Waals surface area contributed by atoms with Crippen LogP contribution in [-0.4, -0.2) is 11.0 Å². The predicted molar refractivity (Wildman–Crippen MR) is 52.4 cm³/mol. The Kier molecular flexibility index (Phi) is 6.24. The van der Waals surface area contributed by atoms with Gasteiger partial charge in [-0.05, 0) is 13.3 Å². The summed E-state index contributed by atoms with van der Waals surface area (Å²) in [6.07, 6.45) is 4.43. The molecule has 0 amide bonds. The Labute approximate surface area is 79.8 Å².